The number of likely N-dealkylation sites (N-methyl/N-ethyl adjacent to an activating group) is 1. The minimum atomic E-state index is 0.141. The van der Waals surface area contributed by atoms with Crippen LogP contribution < -0.4 is 5.32 Å². The summed E-state index contributed by atoms with van der Waals surface area (Å²) in [6, 6.07) is 0.559. The largest absolute Gasteiger partial charge is 0.374 e. The molecule has 0 saturated heterocycles. The van der Waals surface area contributed by atoms with Crippen molar-refractivity contribution in [3.05, 3.63) is 0 Å². The van der Waals surface area contributed by atoms with Crippen molar-refractivity contribution in [2.24, 2.45) is 5.92 Å². The summed E-state index contributed by atoms with van der Waals surface area (Å²) in [5, 5.41) is 3.70. The standard InChI is InChI=1S/C16H33NO/c1-5-17-15(11-9-10-14(3)4)16(18-6-2)12-7-8-13-16/h14-15,17H,5-13H2,1-4H3. The van der Waals surface area contributed by atoms with Gasteiger partial charge >= 0.3 is 0 Å². The maximum atomic E-state index is 6.20. The van der Waals surface area contributed by atoms with Crippen molar-refractivity contribution in [2.75, 3.05) is 13.2 Å². The summed E-state index contributed by atoms with van der Waals surface area (Å²) in [4.78, 5) is 0. The molecule has 0 aliphatic heterocycles. The Hall–Kier alpha value is -0.0800. The van der Waals surface area contributed by atoms with Crippen molar-refractivity contribution in [1.29, 1.82) is 0 Å². The molecule has 1 aliphatic rings. The van der Waals surface area contributed by atoms with E-state index in [4.69, 9.17) is 4.74 Å². The topological polar surface area (TPSA) is 21.3 Å². The van der Waals surface area contributed by atoms with Crippen LogP contribution in [0.5, 0.6) is 0 Å². The zero-order chi connectivity index (χ0) is 13.4. The molecule has 0 radical (unpaired) electrons. The van der Waals surface area contributed by atoms with Gasteiger partial charge in [-0.3, -0.25) is 0 Å². The van der Waals surface area contributed by atoms with Gasteiger partial charge in [0.1, 0.15) is 0 Å². The minimum Gasteiger partial charge on any atom is -0.374 e. The average Bonchev–Trinajstić information content (AvgIpc) is 2.78. The Morgan fingerprint density at radius 1 is 1.11 bits per heavy atom. The quantitative estimate of drug-likeness (QED) is 0.668. The van der Waals surface area contributed by atoms with Gasteiger partial charge in [-0.2, -0.15) is 0 Å². The molecule has 1 unspecified atom stereocenters. The maximum Gasteiger partial charge on any atom is 0.0834 e. The van der Waals surface area contributed by atoms with Crippen LogP contribution in [0.3, 0.4) is 0 Å². The molecule has 0 spiro atoms. The molecule has 108 valence electrons. The van der Waals surface area contributed by atoms with E-state index in [1.54, 1.807) is 0 Å². The summed E-state index contributed by atoms with van der Waals surface area (Å²) < 4.78 is 6.20. The first-order chi connectivity index (χ1) is 8.64. The molecule has 1 aliphatic carbocycles. The average molecular weight is 255 g/mol. The lowest BCUT2D eigenvalue weighted by Crippen LogP contribution is -2.51. The highest BCUT2D eigenvalue weighted by atomic mass is 16.5. The summed E-state index contributed by atoms with van der Waals surface area (Å²) in [7, 11) is 0. The zero-order valence-electron chi connectivity index (χ0n) is 12.9. The Morgan fingerprint density at radius 3 is 2.28 bits per heavy atom. The molecule has 1 fully saturated rings. The molecule has 0 aromatic heterocycles. The minimum absolute atomic E-state index is 0.141. The van der Waals surface area contributed by atoms with Gasteiger partial charge in [0, 0.05) is 12.6 Å². The number of nitrogens with one attached hydrogen (secondary N) is 1. The fourth-order valence-corrected chi connectivity index (χ4v) is 3.38. The van der Waals surface area contributed by atoms with Crippen LogP contribution in [-0.4, -0.2) is 24.8 Å². The lowest BCUT2D eigenvalue weighted by Gasteiger charge is -2.38. The Kier molecular flexibility index (Phi) is 7.25. The normalized spacial score (nSPS) is 20.5. The van der Waals surface area contributed by atoms with E-state index in [9.17, 15) is 0 Å². The van der Waals surface area contributed by atoms with E-state index in [-0.39, 0.29) is 5.60 Å². The second-order valence-electron chi connectivity index (χ2n) is 6.14. The molecule has 2 nitrogen and oxygen atoms in total. The van der Waals surface area contributed by atoms with Crippen LogP contribution in [0.4, 0.5) is 0 Å². The first-order valence-corrected chi connectivity index (χ1v) is 8.02. The molecule has 0 amide bonds. The SMILES string of the molecule is CCNC(CCCC(C)C)C1(OCC)CCCC1. The van der Waals surface area contributed by atoms with Crippen molar-refractivity contribution in [2.45, 2.75) is 84.3 Å². The van der Waals surface area contributed by atoms with Crippen molar-refractivity contribution in [3.63, 3.8) is 0 Å². The van der Waals surface area contributed by atoms with Gasteiger partial charge in [0.05, 0.1) is 5.60 Å². The van der Waals surface area contributed by atoms with E-state index >= 15 is 0 Å². The Balaban J connectivity index is 2.56. The zero-order valence-corrected chi connectivity index (χ0v) is 12.9. The molecular formula is C16H33NO. The molecule has 1 N–H and O–H groups in total. The molecule has 1 atom stereocenters. The Labute approximate surface area is 114 Å². The van der Waals surface area contributed by atoms with Gasteiger partial charge in [-0.05, 0) is 38.6 Å². The second kappa shape index (κ2) is 8.16. The Morgan fingerprint density at radius 2 is 1.78 bits per heavy atom. The van der Waals surface area contributed by atoms with Crippen molar-refractivity contribution in [1.82, 2.24) is 5.32 Å². The highest BCUT2D eigenvalue weighted by molar-refractivity contribution is 4.96. The van der Waals surface area contributed by atoms with E-state index in [1.165, 1.54) is 44.9 Å². The predicted octanol–water partition coefficient (Wildman–Crippen LogP) is 4.14. The third-order valence-electron chi connectivity index (χ3n) is 4.24. The van der Waals surface area contributed by atoms with E-state index < -0.39 is 0 Å². The van der Waals surface area contributed by atoms with E-state index in [0.29, 0.717) is 6.04 Å². The molecule has 18 heavy (non-hydrogen) atoms. The van der Waals surface area contributed by atoms with E-state index in [1.807, 2.05) is 0 Å². The molecular weight excluding hydrogens is 222 g/mol. The molecule has 0 bridgehead atoms. The van der Waals surface area contributed by atoms with Gasteiger partial charge < -0.3 is 10.1 Å². The summed E-state index contributed by atoms with van der Waals surface area (Å²) in [6.07, 6.45) is 9.11. The predicted molar refractivity (Wildman–Crippen MR) is 79.0 cm³/mol. The summed E-state index contributed by atoms with van der Waals surface area (Å²) in [6.45, 7) is 10.9. The summed E-state index contributed by atoms with van der Waals surface area (Å²) in [5.41, 5.74) is 0.141. The lowest BCUT2D eigenvalue weighted by atomic mass is 9.87. The molecule has 1 saturated carbocycles. The fraction of sp³-hybridized carbons (Fsp3) is 1.00. The monoisotopic (exact) mass is 255 g/mol. The van der Waals surface area contributed by atoms with Gasteiger partial charge in [-0.1, -0.05) is 46.5 Å². The number of rotatable bonds is 9. The third kappa shape index (κ3) is 4.55. The summed E-state index contributed by atoms with van der Waals surface area (Å²) >= 11 is 0. The van der Waals surface area contributed by atoms with Crippen molar-refractivity contribution >= 4 is 0 Å². The van der Waals surface area contributed by atoms with Crippen LogP contribution in [0.1, 0.15) is 72.6 Å². The lowest BCUT2D eigenvalue weighted by molar-refractivity contribution is -0.0634. The van der Waals surface area contributed by atoms with Crippen LogP contribution in [-0.2, 0) is 4.74 Å². The van der Waals surface area contributed by atoms with Crippen LogP contribution in [0.2, 0.25) is 0 Å². The first kappa shape index (κ1) is 16.0. The molecule has 2 heteroatoms. The highest BCUT2D eigenvalue weighted by Gasteiger charge is 2.41. The maximum absolute atomic E-state index is 6.20. The van der Waals surface area contributed by atoms with Gasteiger partial charge in [-0.15, -0.1) is 0 Å². The molecule has 0 aromatic rings. The van der Waals surface area contributed by atoms with Gasteiger partial charge in [0.2, 0.25) is 0 Å². The van der Waals surface area contributed by atoms with Crippen LogP contribution in [0.15, 0.2) is 0 Å². The van der Waals surface area contributed by atoms with Crippen LogP contribution in [0.25, 0.3) is 0 Å². The first-order valence-electron chi connectivity index (χ1n) is 8.02. The smallest absolute Gasteiger partial charge is 0.0834 e. The Bertz CT molecular complexity index is 209. The van der Waals surface area contributed by atoms with Crippen LogP contribution >= 0.6 is 0 Å². The molecule has 0 aromatic carbocycles. The number of hydrogen-bond donors (Lipinski definition) is 1. The van der Waals surface area contributed by atoms with Gasteiger partial charge in [-0.25, -0.2) is 0 Å². The van der Waals surface area contributed by atoms with Gasteiger partial charge in [0.15, 0.2) is 0 Å². The molecule has 0 heterocycles. The molecule has 1 rings (SSSR count). The van der Waals surface area contributed by atoms with Gasteiger partial charge in [0.25, 0.3) is 0 Å². The van der Waals surface area contributed by atoms with E-state index in [0.717, 1.165) is 19.1 Å². The van der Waals surface area contributed by atoms with Crippen molar-refractivity contribution in [3.8, 4) is 0 Å². The van der Waals surface area contributed by atoms with E-state index in [2.05, 4.69) is 33.0 Å². The summed E-state index contributed by atoms with van der Waals surface area (Å²) in [5.74, 6) is 0.818. The number of hydrogen-bond acceptors (Lipinski definition) is 2. The van der Waals surface area contributed by atoms with Crippen LogP contribution in [0, 0.1) is 5.92 Å². The third-order valence-corrected chi connectivity index (χ3v) is 4.24. The highest BCUT2D eigenvalue weighted by Crippen LogP contribution is 2.38. The van der Waals surface area contributed by atoms with Crippen molar-refractivity contribution < 1.29 is 4.74 Å². The fourth-order valence-electron chi connectivity index (χ4n) is 3.38. The second-order valence-corrected chi connectivity index (χ2v) is 6.14. The number of ether oxygens (including phenoxy) is 1.